The van der Waals surface area contributed by atoms with Gasteiger partial charge in [0, 0.05) is 18.7 Å². The number of rotatable bonds is 4. The first-order chi connectivity index (χ1) is 14.7. The van der Waals surface area contributed by atoms with Gasteiger partial charge in [0.1, 0.15) is 6.26 Å². The molecule has 9 heteroatoms. The molecule has 1 aliphatic heterocycles. The molecule has 1 aliphatic rings. The number of nitrogens with zero attached hydrogens (tertiary/aromatic N) is 4. The van der Waals surface area contributed by atoms with Gasteiger partial charge in [-0.3, -0.25) is 4.79 Å². The van der Waals surface area contributed by atoms with Crippen LogP contribution in [-0.2, 0) is 4.74 Å². The van der Waals surface area contributed by atoms with E-state index in [0.29, 0.717) is 30.4 Å². The molecular weight excluding hydrogens is 402 g/mol. The van der Waals surface area contributed by atoms with Crippen molar-refractivity contribution in [2.24, 2.45) is 0 Å². The topological polar surface area (TPSA) is 93.4 Å². The maximum absolute atomic E-state index is 12.6. The highest BCUT2D eigenvalue weighted by Crippen LogP contribution is 2.30. The van der Waals surface area contributed by atoms with Crippen molar-refractivity contribution in [1.29, 1.82) is 0 Å². The number of morpholine rings is 1. The van der Waals surface area contributed by atoms with Gasteiger partial charge in [0.15, 0.2) is 16.5 Å². The highest BCUT2D eigenvalue weighted by molar-refractivity contribution is 7.22. The minimum absolute atomic E-state index is 0.213. The third kappa shape index (κ3) is 3.77. The summed E-state index contributed by atoms with van der Waals surface area (Å²) in [5.41, 5.74) is 3.40. The van der Waals surface area contributed by atoms with E-state index in [1.807, 2.05) is 37.3 Å². The summed E-state index contributed by atoms with van der Waals surface area (Å²) < 4.78 is 11.8. The van der Waals surface area contributed by atoms with Crippen LogP contribution in [0.15, 0.2) is 47.2 Å². The molecule has 0 atom stereocenters. The molecule has 5 rings (SSSR count). The molecule has 0 bridgehead atoms. The number of pyridine rings is 1. The lowest BCUT2D eigenvalue weighted by atomic mass is 10.1. The summed E-state index contributed by atoms with van der Waals surface area (Å²) in [5.74, 6) is 0.0618. The molecule has 0 aliphatic carbocycles. The van der Waals surface area contributed by atoms with Gasteiger partial charge in [-0.15, -0.1) is 0 Å². The molecule has 1 saturated heterocycles. The Bertz CT molecular complexity index is 1210. The van der Waals surface area contributed by atoms with E-state index in [1.165, 1.54) is 6.26 Å². The second kappa shape index (κ2) is 7.85. The van der Waals surface area contributed by atoms with Crippen molar-refractivity contribution in [3.05, 3.63) is 54.0 Å². The van der Waals surface area contributed by atoms with Crippen LogP contribution in [0.4, 0.5) is 10.8 Å². The maximum Gasteiger partial charge on any atom is 0.277 e. The normalized spacial score (nSPS) is 14.2. The minimum atomic E-state index is -0.350. The third-order valence-electron chi connectivity index (χ3n) is 4.78. The molecule has 1 fully saturated rings. The number of hydrogen-bond acceptors (Lipinski definition) is 8. The van der Waals surface area contributed by atoms with Crippen molar-refractivity contribution in [2.75, 3.05) is 36.5 Å². The Morgan fingerprint density at radius 2 is 2.07 bits per heavy atom. The standard InChI is InChI=1S/C21H19N5O3S/c1-13-3-2-4-14(9-13)20-24-16(12-29-20)19(27)23-15-10-17-18(22-11-15)25-21(30-17)26-5-7-28-8-6-26/h2-4,9-12H,5-8H2,1H3,(H,23,27). The molecule has 30 heavy (non-hydrogen) atoms. The molecule has 0 radical (unpaired) electrons. The molecule has 1 N–H and O–H groups in total. The Kier molecular flexibility index (Phi) is 4.89. The fraction of sp³-hybridized carbons (Fsp3) is 0.238. The number of aromatic nitrogens is 3. The number of carbonyl (C=O) groups is 1. The quantitative estimate of drug-likeness (QED) is 0.536. The van der Waals surface area contributed by atoms with Crippen molar-refractivity contribution in [2.45, 2.75) is 6.92 Å². The molecule has 4 aromatic rings. The maximum atomic E-state index is 12.6. The van der Waals surface area contributed by atoms with Gasteiger partial charge in [-0.25, -0.2) is 9.97 Å². The number of amides is 1. The van der Waals surface area contributed by atoms with Crippen molar-refractivity contribution in [3.8, 4) is 11.5 Å². The zero-order valence-corrected chi connectivity index (χ0v) is 17.1. The first-order valence-electron chi connectivity index (χ1n) is 9.59. The van der Waals surface area contributed by atoms with E-state index >= 15 is 0 Å². The fourth-order valence-corrected chi connectivity index (χ4v) is 4.27. The number of benzene rings is 1. The number of oxazole rings is 1. The number of carbonyl (C=O) groups excluding carboxylic acids is 1. The number of ether oxygens (including phenoxy) is 1. The van der Waals surface area contributed by atoms with Gasteiger partial charge in [-0.2, -0.15) is 4.98 Å². The van der Waals surface area contributed by atoms with Crippen LogP contribution in [0.25, 0.3) is 21.8 Å². The van der Waals surface area contributed by atoms with Crippen LogP contribution in [0.3, 0.4) is 0 Å². The van der Waals surface area contributed by atoms with Crippen LogP contribution in [0.2, 0.25) is 0 Å². The predicted molar refractivity (Wildman–Crippen MR) is 115 cm³/mol. The Hall–Kier alpha value is -3.30. The molecule has 4 heterocycles. The molecule has 1 aromatic carbocycles. The fourth-order valence-electron chi connectivity index (χ4n) is 3.25. The van der Waals surface area contributed by atoms with E-state index in [-0.39, 0.29) is 11.6 Å². The van der Waals surface area contributed by atoms with Crippen LogP contribution in [0.1, 0.15) is 16.1 Å². The number of hydrogen-bond donors (Lipinski definition) is 1. The number of thiazole rings is 1. The van der Waals surface area contributed by atoms with E-state index < -0.39 is 0 Å². The first-order valence-corrected chi connectivity index (χ1v) is 10.4. The van der Waals surface area contributed by atoms with Gasteiger partial charge in [0.05, 0.1) is 29.8 Å². The lowest BCUT2D eigenvalue weighted by Gasteiger charge is -2.25. The molecule has 1 amide bonds. The summed E-state index contributed by atoms with van der Waals surface area (Å²) in [6.45, 7) is 5.03. The SMILES string of the molecule is Cc1cccc(-c2nc(C(=O)Nc3cnc4nc(N5CCOCC5)sc4c3)co2)c1. The second-order valence-electron chi connectivity index (χ2n) is 7.00. The van der Waals surface area contributed by atoms with Crippen molar-refractivity contribution >= 4 is 38.4 Å². The summed E-state index contributed by atoms with van der Waals surface area (Å²) in [4.78, 5) is 28.1. The van der Waals surface area contributed by atoms with Gasteiger partial charge in [-0.05, 0) is 25.1 Å². The Morgan fingerprint density at radius 1 is 1.20 bits per heavy atom. The van der Waals surface area contributed by atoms with E-state index in [1.54, 1.807) is 17.5 Å². The van der Waals surface area contributed by atoms with Gasteiger partial charge in [-0.1, -0.05) is 29.0 Å². The Labute approximate surface area is 176 Å². The van der Waals surface area contributed by atoms with Crippen LogP contribution in [-0.4, -0.2) is 47.2 Å². The first kappa shape index (κ1) is 18.7. The molecule has 3 aromatic heterocycles. The van der Waals surface area contributed by atoms with Crippen molar-refractivity contribution in [3.63, 3.8) is 0 Å². The molecule has 0 unspecified atom stereocenters. The van der Waals surface area contributed by atoms with Gasteiger partial charge < -0.3 is 19.4 Å². The van der Waals surface area contributed by atoms with E-state index in [2.05, 4.69) is 25.2 Å². The largest absolute Gasteiger partial charge is 0.444 e. The van der Waals surface area contributed by atoms with Crippen LogP contribution < -0.4 is 10.2 Å². The van der Waals surface area contributed by atoms with Crippen molar-refractivity contribution in [1.82, 2.24) is 15.0 Å². The smallest absolute Gasteiger partial charge is 0.277 e. The monoisotopic (exact) mass is 421 g/mol. The molecule has 0 saturated carbocycles. The highest BCUT2D eigenvalue weighted by Gasteiger charge is 2.17. The molecule has 8 nitrogen and oxygen atoms in total. The van der Waals surface area contributed by atoms with Crippen LogP contribution in [0.5, 0.6) is 0 Å². The second-order valence-corrected chi connectivity index (χ2v) is 8.01. The van der Waals surface area contributed by atoms with E-state index in [9.17, 15) is 4.79 Å². The van der Waals surface area contributed by atoms with E-state index in [4.69, 9.17) is 9.15 Å². The van der Waals surface area contributed by atoms with Gasteiger partial charge >= 0.3 is 0 Å². The van der Waals surface area contributed by atoms with E-state index in [0.717, 1.165) is 34.0 Å². The minimum Gasteiger partial charge on any atom is -0.444 e. The summed E-state index contributed by atoms with van der Waals surface area (Å²) in [5, 5.41) is 3.76. The van der Waals surface area contributed by atoms with Crippen molar-refractivity contribution < 1.29 is 13.9 Å². The van der Waals surface area contributed by atoms with Gasteiger partial charge in [0.25, 0.3) is 5.91 Å². The number of nitrogens with one attached hydrogen (secondary N) is 1. The van der Waals surface area contributed by atoms with Gasteiger partial charge in [0.2, 0.25) is 5.89 Å². The van der Waals surface area contributed by atoms with Crippen LogP contribution in [0, 0.1) is 6.92 Å². The molecule has 0 spiro atoms. The lowest BCUT2D eigenvalue weighted by molar-refractivity contribution is 0.102. The molecule has 152 valence electrons. The Morgan fingerprint density at radius 3 is 2.90 bits per heavy atom. The zero-order chi connectivity index (χ0) is 20.5. The lowest BCUT2D eigenvalue weighted by Crippen LogP contribution is -2.36. The average molecular weight is 421 g/mol. The number of aryl methyl sites for hydroxylation is 1. The zero-order valence-electron chi connectivity index (χ0n) is 16.3. The number of anilines is 2. The van der Waals surface area contributed by atoms with Crippen LogP contribution >= 0.6 is 11.3 Å². The highest BCUT2D eigenvalue weighted by atomic mass is 32.1. The third-order valence-corrected chi connectivity index (χ3v) is 5.83. The molecular formula is C21H19N5O3S. The predicted octanol–water partition coefficient (Wildman–Crippen LogP) is 3.74. The summed E-state index contributed by atoms with van der Waals surface area (Å²) >= 11 is 1.55. The number of fused-ring (bicyclic) bond motifs is 1. The Balaban J connectivity index is 1.33. The summed E-state index contributed by atoms with van der Waals surface area (Å²) in [6.07, 6.45) is 2.97. The average Bonchev–Trinajstić information content (AvgIpc) is 3.42. The summed E-state index contributed by atoms with van der Waals surface area (Å²) in [6, 6.07) is 9.65. The summed E-state index contributed by atoms with van der Waals surface area (Å²) in [7, 11) is 0.